The summed E-state index contributed by atoms with van der Waals surface area (Å²) in [7, 11) is 3.33. The highest BCUT2D eigenvalue weighted by Gasteiger charge is 2.33. The lowest BCUT2D eigenvalue weighted by Gasteiger charge is -2.32. The van der Waals surface area contributed by atoms with Crippen LogP contribution < -0.4 is 19.3 Å². The molecule has 0 saturated carbocycles. The molecule has 1 saturated heterocycles. The molecule has 1 atom stereocenters. The monoisotopic (exact) mass is 423 g/mol. The molecule has 164 valence electrons. The Morgan fingerprint density at radius 3 is 2.45 bits per heavy atom. The molecule has 0 aliphatic carbocycles. The third kappa shape index (κ3) is 4.31. The number of hydrogen-bond acceptors (Lipinski definition) is 3. The maximum atomic E-state index is 13.4. The third-order valence-corrected chi connectivity index (χ3v) is 6.65. The van der Waals surface area contributed by atoms with Crippen molar-refractivity contribution >= 4 is 16.7 Å². The van der Waals surface area contributed by atoms with E-state index in [1.54, 1.807) is 19.1 Å². The van der Waals surface area contributed by atoms with Gasteiger partial charge in [-0.3, -0.25) is 4.79 Å². The minimum atomic E-state index is -0.0412. The van der Waals surface area contributed by atoms with Crippen molar-refractivity contribution in [2.45, 2.75) is 26.4 Å². The van der Waals surface area contributed by atoms with Crippen LogP contribution in [0.4, 0.5) is 0 Å². The number of methoxy groups -OCH3 is 2. The number of carbonyl (C=O) groups is 1. The van der Waals surface area contributed by atoms with E-state index in [1.165, 1.54) is 10.5 Å². The second-order valence-electron chi connectivity index (χ2n) is 8.53. The number of ether oxygens (including phenoxy) is 2. The van der Waals surface area contributed by atoms with Gasteiger partial charge in [-0.05, 0) is 38.1 Å². The number of nitrogens with one attached hydrogen (secondary N) is 3. The van der Waals surface area contributed by atoms with E-state index < -0.39 is 0 Å². The van der Waals surface area contributed by atoms with E-state index >= 15 is 0 Å². The van der Waals surface area contributed by atoms with Crippen molar-refractivity contribution in [2.24, 2.45) is 0 Å². The summed E-state index contributed by atoms with van der Waals surface area (Å²) >= 11 is 0. The summed E-state index contributed by atoms with van der Waals surface area (Å²) in [6, 6.07) is 14.2. The Bertz CT molecular complexity index is 1070. The molecule has 6 heteroatoms. The lowest BCUT2D eigenvalue weighted by molar-refractivity contribution is -1.02. The van der Waals surface area contributed by atoms with Gasteiger partial charge in [0.2, 0.25) is 5.78 Å². The van der Waals surface area contributed by atoms with Gasteiger partial charge in [0.1, 0.15) is 38.8 Å². The number of aryl methyl sites for hydroxylation is 1. The first-order chi connectivity index (χ1) is 15.0. The van der Waals surface area contributed by atoms with Gasteiger partial charge >= 0.3 is 0 Å². The molecule has 6 nitrogen and oxygen atoms in total. The molecule has 1 aromatic heterocycles. The van der Waals surface area contributed by atoms with Crippen LogP contribution in [0.2, 0.25) is 0 Å². The number of ketones is 1. The number of para-hydroxylation sites is 1. The van der Waals surface area contributed by atoms with E-state index in [0.29, 0.717) is 0 Å². The number of piperazine rings is 1. The molecule has 0 spiro atoms. The van der Waals surface area contributed by atoms with Gasteiger partial charge in [0.15, 0.2) is 11.5 Å². The zero-order chi connectivity index (χ0) is 22.0. The molecule has 31 heavy (non-hydrogen) atoms. The maximum absolute atomic E-state index is 13.4. The molecule has 4 rings (SSSR count). The predicted octanol–water partition coefficient (Wildman–Crippen LogP) is 1.05. The standard InChI is InChI=1S/C25H31N3O3/c1-17-24(20-7-5-6-8-21(20)26-17)25(29)18(2)28-13-11-27(12-14-28)16-19-9-10-22(30-3)23(15-19)31-4/h5-10,15,18,26H,11-14,16H2,1-4H3/p+2/t18-/m1/s1. The molecular weight excluding hydrogens is 390 g/mol. The topological polar surface area (TPSA) is 60.2 Å². The Kier molecular flexibility index (Phi) is 6.30. The molecule has 0 amide bonds. The highest BCUT2D eigenvalue weighted by molar-refractivity contribution is 6.10. The molecule has 3 aromatic rings. The second-order valence-corrected chi connectivity index (χ2v) is 8.53. The fourth-order valence-corrected chi connectivity index (χ4v) is 4.81. The Balaban J connectivity index is 1.39. The summed E-state index contributed by atoms with van der Waals surface area (Å²) in [4.78, 5) is 19.7. The summed E-state index contributed by atoms with van der Waals surface area (Å²) in [5, 5.41) is 1.04. The van der Waals surface area contributed by atoms with Crippen molar-refractivity contribution in [3.63, 3.8) is 0 Å². The molecule has 1 aliphatic rings. The van der Waals surface area contributed by atoms with Crippen LogP contribution in [0.15, 0.2) is 42.5 Å². The highest BCUT2D eigenvalue weighted by atomic mass is 16.5. The molecule has 3 N–H and O–H groups in total. The van der Waals surface area contributed by atoms with Gasteiger partial charge < -0.3 is 24.3 Å². The minimum absolute atomic E-state index is 0.0412. The molecule has 0 bridgehead atoms. The van der Waals surface area contributed by atoms with E-state index in [9.17, 15) is 4.79 Å². The molecule has 0 unspecified atom stereocenters. The summed E-state index contributed by atoms with van der Waals surface area (Å²) in [6.07, 6.45) is 0. The van der Waals surface area contributed by atoms with Gasteiger partial charge in [-0.2, -0.15) is 0 Å². The number of Topliss-reactive ketones (excluding diaryl/α,β-unsaturated/α-hetero) is 1. The van der Waals surface area contributed by atoms with Gasteiger partial charge in [0, 0.05) is 22.2 Å². The number of aromatic amines is 1. The molecule has 2 heterocycles. The zero-order valence-electron chi connectivity index (χ0n) is 18.9. The van der Waals surface area contributed by atoms with Gasteiger partial charge in [-0.25, -0.2) is 0 Å². The van der Waals surface area contributed by atoms with E-state index in [0.717, 1.165) is 66.4 Å². The molecule has 1 aliphatic heterocycles. The lowest BCUT2D eigenvalue weighted by Crippen LogP contribution is -3.29. The first-order valence-electron chi connectivity index (χ1n) is 11.0. The van der Waals surface area contributed by atoms with Crippen molar-refractivity contribution in [1.82, 2.24) is 4.98 Å². The highest BCUT2D eigenvalue weighted by Crippen LogP contribution is 2.27. The van der Waals surface area contributed by atoms with Crippen molar-refractivity contribution < 1.29 is 24.1 Å². The largest absolute Gasteiger partial charge is 0.493 e. The van der Waals surface area contributed by atoms with Crippen LogP contribution in [0.5, 0.6) is 11.5 Å². The second kappa shape index (κ2) is 9.12. The van der Waals surface area contributed by atoms with Crippen LogP contribution in [-0.4, -0.2) is 57.2 Å². The van der Waals surface area contributed by atoms with Gasteiger partial charge in [0.25, 0.3) is 0 Å². The van der Waals surface area contributed by atoms with E-state index in [2.05, 4.69) is 24.0 Å². The summed E-state index contributed by atoms with van der Waals surface area (Å²) in [5.41, 5.74) is 4.11. The maximum Gasteiger partial charge on any atom is 0.222 e. The van der Waals surface area contributed by atoms with Crippen molar-refractivity contribution in [3.05, 3.63) is 59.3 Å². The third-order valence-electron chi connectivity index (χ3n) is 6.65. The number of aromatic nitrogens is 1. The van der Waals surface area contributed by atoms with E-state index in [4.69, 9.17) is 9.47 Å². The molecular formula is C25H33N3O3+2. The Hall–Kier alpha value is -2.83. The quantitative estimate of drug-likeness (QED) is 0.498. The fourth-order valence-electron chi connectivity index (χ4n) is 4.81. The summed E-state index contributed by atoms with van der Waals surface area (Å²) in [6.45, 7) is 9.13. The molecule has 2 aromatic carbocycles. The summed E-state index contributed by atoms with van der Waals surface area (Å²) in [5.74, 6) is 1.78. The molecule has 0 radical (unpaired) electrons. The summed E-state index contributed by atoms with van der Waals surface area (Å²) < 4.78 is 10.8. The first-order valence-corrected chi connectivity index (χ1v) is 11.0. The van der Waals surface area contributed by atoms with Crippen LogP contribution in [-0.2, 0) is 6.54 Å². The van der Waals surface area contributed by atoms with Crippen molar-refractivity contribution in [3.8, 4) is 11.5 Å². The Morgan fingerprint density at radius 2 is 1.74 bits per heavy atom. The Labute approximate surface area is 183 Å². The number of hydrogen-bond donors (Lipinski definition) is 3. The van der Waals surface area contributed by atoms with Crippen LogP contribution in [0.25, 0.3) is 10.9 Å². The number of benzene rings is 2. The number of carbonyl (C=O) groups excluding carboxylic acids is 1. The van der Waals surface area contributed by atoms with E-state index in [-0.39, 0.29) is 11.8 Å². The number of rotatable bonds is 7. The van der Waals surface area contributed by atoms with Gasteiger partial charge in [-0.1, -0.05) is 18.2 Å². The van der Waals surface area contributed by atoms with Crippen LogP contribution >= 0.6 is 0 Å². The van der Waals surface area contributed by atoms with Gasteiger partial charge in [-0.15, -0.1) is 0 Å². The normalized spacial score (nSPS) is 19.9. The van der Waals surface area contributed by atoms with Crippen LogP contribution in [0.1, 0.15) is 28.5 Å². The lowest BCUT2D eigenvalue weighted by atomic mass is 10.0. The number of quaternary nitrogens is 2. The van der Waals surface area contributed by atoms with Crippen LogP contribution in [0, 0.1) is 6.92 Å². The predicted molar refractivity (Wildman–Crippen MR) is 121 cm³/mol. The average molecular weight is 424 g/mol. The smallest absolute Gasteiger partial charge is 0.222 e. The average Bonchev–Trinajstić information content (AvgIpc) is 3.14. The van der Waals surface area contributed by atoms with Crippen molar-refractivity contribution in [2.75, 3.05) is 40.4 Å². The fraction of sp³-hybridized carbons (Fsp3) is 0.400. The number of H-pyrrole nitrogens is 1. The Morgan fingerprint density at radius 1 is 1.03 bits per heavy atom. The van der Waals surface area contributed by atoms with Crippen LogP contribution in [0.3, 0.4) is 0 Å². The SMILES string of the molecule is COc1ccc(C[NH+]2CC[NH+]([C@H](C)C(=O)c3c(C)[nH]c4ccccc34)CC2)cc1OC. The molecule has 1 fully saturated rings. The van der Waals surface area contributed by atoms with Gasteiger partial charge in [0.05, 0.1) is 19.8 Å². The first kappa shape index (κ1) is 21.4. The number of fused-ring (bicyclic) bond motifs is 1. The zero-order valence-corrected chi connectivity index (χ0v) is 18.9. The van der Waals surface area contributed by atoms with Crippen molar-refractivity contribution in [1.29, 1.82) is 0 Å². The minimum Gasteiger partial charge on any atom is -0.493 e. The van der Waals surface area contributed by atoms with E-state index in [1.807, 2.05) is 37.3 Å².